The maximum atomic E-state index is 11.4. The van der Waals surface area contributed by atoms with Crippen LogP contribution in [-0.4, -0.2) is 25.8 Å². The first-order valence-electron chi connectivity index (χ1n) is 8.58. The summed E-state index contributed by atoms with van der Waals surface area (Å²) < 4.78 is 2.01. The predicted molar refractivity (Wildman–Crippen MR) is 95.9 cm³/mol. The van der Waals surface area contributed by atoms with Gasteiger partial charge in [-0.1, -0.05) is 6.07 Å². The third kappa shape index (κ3) is 3.07. The van der Waals surface area contributed by atoms with Crippen molar-refractivity contribution in [1.82, 2.24) is 14.8 Å². The second kappa shape index (κ2) is 6.20. The van der Waals surface area contributed by atoms with Crippen LogP contribution in [0.3, 0.4) is 0 Å². The zero-order chi connectivity index (χ0) is 17.4. The van der Waals surface area contributed by atoms with Gasteiger partial charge in [0.15, 0.2) is 0 Å². The zero-order valence-electron chi connectivity index (χ0n) is 14.1. The van der Waals surface area contributed by atoms with Crippen molar-refractivity contribution in [2.75, 3.05) is 5.32 Å². The van der Waals surface area contributed by atoms with Crippen LogP contribution >= 0.6 is 0 Å². The highest BCUT2D eigenvalue weighted by Crippen LogP contribution is 2.39. The lowest BCUT2D eigenvalue weighted by Gasteiger charge is -2.11. The number of pyridine rings is 1. The molecule has 2 N–H and O–H groups in total. The molecular weight excluding hydrogens is 316 g/mol. The molecule has 6 heteroatoms. The number of aryl methyl sites for hydroxylation is 1. The molecule has 0 amide bonds. The summed E-state index contributed by atoms with van der Waals surface area (Å²) in [6, 6.07) is 9.14. The Hall–Kier alpha value is -2.89. The van der Waals surface area contributed by atoms with Crippen molar-refractivity contribution in [2.45, 2.75) is 38.8 Å². The van der Waals surface area contributed by atoms with E-state index in [0.717, 1.165) is 28.8 Å². The van der Waals surface area contributed by atoms with Crippen molar-refractivity contribution >= 4 is 22.6 Å². The Labute approximate surface area is 145 Å². The predicted octanol–water partition coefficient (Wildman–Crippen LogP) is 3.64. The molecule has 6 nitrogen and oxygen atoms in total. The summed E-state index contributed by atoms with van der Waals surface area (Å²) in [6.45, 7) is 3.48. The summed E-state index contributed by atoms with van der Waals surface area (Å²) in [7, 11) is 0. The van der Waals surface area contributed by atoms with Crippen molar-refractivity contribution in [3.8, 4) is 0 Å². The van der Waals surface area contributed by atoms with E-state index >= 15 is 0 Å². The number of anilines is 1. The Morgan fingerprint density at radius 2 is 2.20 bits per heavy atom. The summed E-state index contributed by atoms with van der Waals surface area (Å²) in [4.78, 5) is 15.8. The van der Waals surface area contributed by atoms with Gasteiger partial charge >= 0.3 is 5.97 Å². The smallest absolute Gasteiger partial charge is 0.335 e. The van der Waals surface area contributed by atoms with Crippen molar-refractivity contribution in [3.63, 3.8) is 0 Å². The summed E-state index contributed by atoms with van der Waals surface area (Å²) >= 11 is 0. The lowest BCUT2D eigenvalue weighted by molar-refractivity contribution is 0.0697. The van der Waals surface area contributed by atoms with Gasteiger partial charge in [0.05, 0.1) is 34.7 Å². The van der Waals surface area contributed by atoms with Crippen molar-refractivity contribution in [2.24, 2.45) is 0 Å². The number of carbonyl (C=O) groups is 1. The number of aromatic nitrogens is 3. The monoisotopic (exact) mass is 336 g/mol. The molecule has 0 bridgehead atoms. The van der Waals surface area contributed by atoms with E-state index in [-0.39, 0.29) is 5.56 Å². The number of aromatic carboxylic acids is 1. The highest BCUT2D eigenvalue weighted by molar-refractivity contribution is 5.99. The topological polar surface area (TPSA) is 80.0 Å². The van der Waals surface area contributed by atoms with Crippen LogP contribution in [-0.2, 0) is 13.1 Å². The summed E-state index contributed by atoms with van der Waals surface area (Å²) in [5.74, 6) is -0.326. The number of fused-ring (bicyclic) bond motifs is 1. The molecule has 0 radical (unpaired) electrons. The molecule has 0 saturated heterocycles. The Bertz CT molecular complexity index is 944. The first-order chi connectivity index (χ1) is 12.2. The molecule has 4 rings (SSSR count). The number of nitrogens with zero attached hydrogens (tertiary/aromatic N) is 3. The average molecular weight is 336 g/mol. The van der Waals surface area contributed by atoms with Gasteiger partial charge in [-0.2, -0.15) is 5.10 Å². The highest BCUT2D eigenvalue weighted by Gasteiger charge is 2.27. The van der Waals surface area contributed by atoms with Gasteiger partial charge in [-0.05, 0) is 44.0 Å². The van der Waals surface area contributed by atoms with Gasteiger partial charge in [0.1, 0.15) is 0 Å². The summed E-state index contributed by atoms with van der Waals surface area (Å²) in [6.07, 6.45) is 4.17. The normalized spacial score (nSPS) is 14.0. The molecule has 0 spiro atoms. The molecule has 1 saturated carbocycles. The lowest BCUT2D eigenvalue weighted by Crippen LogP contribution is -2.09. The number of benzene rings is 1. The second-order valence-corrected chi connectivity index (χ2v) is 6.41. The van der Waals surface area contributed by atoms with Crippen LogP contribution in [0.25, 0.3) is 10.9 Å². The van der Waals surface area contributed by atoms with Crippen LogP contribution in [0.1, 0.15) is 47.4 Å². The molecule has 2 heterocycles. The fourth-order valence-electron chi connectivity index (χ4n) is 3.11. The van der Waals surface area contributed by atoms with Gasteiger partial charge in [0.2, 0.25) is 0 Å². The van der Waals surface area contributed by atoms with Crippen LogP contribution in [0.15, 0.2) is 36.5 Å². The van der Waals surface area contributed by atoms with Gasteiger partial charge in [0, 0.05) is 24.0 Å². The van der Waals surface area contributed by atoms with E-state index in [9.17, 15) is 9.90 Å². The standard InChI is InChI=1S/C19H20N4O2/c1-2-23-15(10-16(22-23)12-5-6-12)11-21-17-9-14(19(24)25)8-13-4-3-7-20-18(13)17/h3-4,7-10,12,21H,2,5-6,11H2,1H3,(H,24,25). The average Bonchev–Trinajstić information content (AvgIpc) is 3.39. The van der Waals surface area contributed by atoms with Crippen LogP contribution in [0, 0.1) is 0 Å². The number of hydrogen-bond donors (Lipinski definition) is 2. The van der Waals surface area contributed by atoms with E-state index in [4.69, 9.17) is 0 Å². The Balaban J connectivity index is 1.65. The molecule has 25 heavy (non-hydrogen) atoms. The fourth-order valence-corrected chi connectivity index (χ4v) is 3.11. The minimum absolute atomic E-state index is 0.255. The number of carboxylic acids is 1. The minimum atomic E-state index is -0.941. The van der Waals surface area contributed by atoms with E-state index < -0.39 is 5.97 Å². The molecule has 128 valence electrons. The Kier molecular flexibility index (Phi) is 3.87. The van der Waals surface area contributed by atoms with Gasteiger partial charge in [-0.3, -0.25) is 9.67 Å². The quantitative estimate of drug-likeness (QED) is 0.718. The molecule has 0 atom stereocenters. The third-order valence-electron chi connectivity index (χ3n) is 4.59. The lowest BCUT2D eigenvalue weighted by atomic mass is 10.1. The van der Waals surface area contributed by atoms with Crippen molar-refractivity contribution in [1.29, 1.82) is 0 Å². The van der Waals surface area contributed by atoms with E-state index in [1.807, 2.05) is 16.8 Å². The first kappa shape index (κ1) is 15.6. The largest absolute Gasteiger partial charge is 0.478 e. The van der Waals surface area contributed by atoms with Gasteiger partial charge in [-0.25, -0.2) is 4.79 Å². The number of nitrogens with one attached hydrogen (secondary N) is 1. The van der Waals surface area contributed by atoms with E-state index in [0.29, 0.717) is 12.5 Å². The maximum Gasteiger partial charge on any atom is 0.335 e. The van der Waals surface area contributed by atoms with Gasteiger partial charge in [0.25, 0.3) is 0 Å². The molecule has 3 aromatic rings. The molecule has 0 unspecified atom stereocenters. The van der Waals surface area contributed by atoms with E-state index in [2.05, 4.69) is 28.4 Å². The number of rotatable bonds is 6. The van der Waals surface area contributed by atoms with Crippen molar-refractivity contribution < 1.29 is 9.90 Å². The van der Waals surface area contributed by atoms with E-state index in [1.54, 1.807) is 18.3 Å². The third-order valence-corrected chi connectivity index (χ3v) is 4.59. The summed E-state index contributed by atoms with van der Waals surface area (Å²) in [5, 5.41) is 18.2. The van der Waals surface area contributed by atoms with Crippen LogP contribution in [0.4, 0.5) is 5.69 Å². The molecule has 1 aromatic carbocycles. The number of hydrogen-bond acceptors (Lipinski definition) is 4. The molecule has 1 aliphatic carbocycles. The number of carboxylic acid groups (broad SMARTS) is 1. The molecule has 0 aliphatic heterocycles. The van der Waals surface area contributed by atoms with Gasteiger partial charge in [-0.15, -0.1) is 0 Å². The Morgan fingerprint density at radius 1 is 1.36 bits per heavy atom. The van der Waals surface area contributed by atoms with Crippen LogP contribution in [0.2, 0.25) is 0 Å². The molecular formula is C19H20N4O2. The Morgan fingerprint density at radius 3 is 2.92 bits per heavy atom. The molecule has 1 fully saturated rings. The van der Waals surface area contributed by atoms with Crippen LogP contribution < -0.4 is 5.32 Å². The van der Waals surface area contributed by atoms with Gasteiger partial charge < -0.3 is 10.4 Å². The highest BCUT2D eigenvalue weighted by atomic mass is 16.4. The molecule has 1 aliphatic rings. The van der Waals surface area contributed by atoms with Crippen LogP contribution in [0.5, 0.6) is 0 Å². The maximum absolute atomic E-state index is 11.4. The second-order valence-electron chi connectivity index (χ2n) is 6.41. The van der Waals surface area contributed by atoms with E-state index in [1.165, 1.54) is 18.5 Å². The fraction of sp³-hybridized carbons (Fsp3) is 0.316. The summed E-state index contributed by atoms with van der Waals surface area (Å²) in [5.41, 5.74) is 4.03. The minimum Gasteiger partial charge on any atom is -0.478 e. The zero-order valence-corrected chi connectivity index (χ0v) is 14.1. The molecule has 2 aromatic heterocycles. The first-order valence-corrected chi connectivity index (χ1v) is 8.58. The SMILES string of the molecule is CCn1nc(C2CC2)cc1CNc1cc(C(=O)O)cc2cccnc12. The van der Waals surface area contributed by atoms with Crippen molar-refractivity contribution in [3.05, 3.63) is 53.5 Å².